The van der Waals surface area contributed by atoms with E-state index >= 15 is 0 Å². The van der Waals surface area contributed by atoms with Crippen molar-refractivity contribution in [1.82, 2.24) is 29.9 Å². The minimum atomic E-state index is -0.682. The summed E-state index contributed by atoms with van der Waals surface area (Å²) in [7, 11) is 1.77. The fourth-order valence-corrected chi connectivity index (χ4v) is 2.43. The molecule has 23 heavy (non-hydrogen) atoms. The molecule has 3 aromatic heterocycles. The fourth-order valence-electron chi connectivity index (χ4n) is 2.43. The Morgan fingerprint density at radius 2 is 2.09 bits per heavy atom. The molecule has 4 aromatic rings. The highest BCUT2D eigenvalue weighted by Gasteiger charge is 2.17. The van der Waals surface area contributed by atoms with E-state index < -0.39 is 11.6 Å². The van der Waals surface area contributed by atoms with Crippen LogP contribution in [0.3, 0.4) is 0 Å². The van der Waals surface area contributed by atoms with Gasteiger partial charge in [0, 0.05) is 35.0 Å². The predicted octanol–water partition coefficient (Wildman–Crippen LogP) is 0.354. The highest BCUT2D eigenvalue weighted by Crippen LogP contribution is 2.23. The quantitative estimate of drug-likeness (QED) is 0.500. The lowest BCUT2D eigenvalue weighted by Crippen LogP contribution is -2.13. The zero-order valence-electron chi connectivity index (χ0n) is 12.0. The molecule has 9 heteroatoms. The van der Waals surface area contributed by atoms with E-state index in [1.165, 1.54) is 16.9 Å². The second kappa shape index (κ2) is 5.04. The van der Waals surface area contributed by atoms with Crippen LogP contribution in [0.15, 0.2) is 30.6 Å². The van der Waals surface area contributed by atoms with Gasteiger partial charge in [-0.2, -0.15) is 0 Å². The van der Waals surface area contributed by atoms with Crippen LogP contribution in [0.1, 0.15) is 5.56 Å². The van der Waals surface area contributed by atoms with Gasteiger partial charge in [-0.15, -0.1) is 5.10 Å². The summed E-state index contributed by atoms with van der Waals surface area (Å²) >= 11 is 0. The zero-order valence-corrected chi connectivity index (χ0v) is 12.0. The third-order valence-corrected chi connectivity index (χ3v) is 3.55. The number of rotatable bonds is 2. The molecular formula is C14H9BF2N6. The molecule has 0 amide bonds. The second-order valence-corrected chi connectivity index (χ2v) is 5.13. The second-order valence-electron chi connectivity index (χ2n) is 5.13. The average Bonchev–Trinajstić information content (AvgIpc) is 2.93. The lowest BCUT2D eigenvalue weighted by molar-refractivity contribution is 0.538. The van der Waals surface area contributed by atoms with E-state index in [9.17, 15) is 8.78 Å². The van der Waals surface area contributed by atoms with Gasteiger partial charge in [-0.05, 0) is 12.1 Å². The van der Waals surface area contributed by atoms with E-state index in [2.05, 4.69) is 25.3 Å². The molecule has 0 spiro atoms. The summed E-state index contributed by atoms with van der Waals surface area (Å²) in [4.78, 5) is 12.3. The molecule has 0 aliphatic heterocycles. The lowest BCUT2D eigenvalue weighted by atomic mass is 10.1. The minimum Gasteiger partial charge on any atom is -0.256 e. The van der Waals surface area contributed by atoms with E-state index in [-0.39, 0.29) is 23.0 Å². The molecule has 112 valence electrons. The van der Waals surface area contributed by atoms with Crippen LogP contribution in [0.2, 0.25) is 0 Å². The van der Waals surface area contributed by atoms with Gasteiger partial charge in [0.05, 0.1) is 12.1 Å². The Hall–Kier alpha value is -2.97. The van der Waals surface area contributed by atoms with Crippen LogP contribution in [-0.4, -0.2) is 37.8 Å². The van der Waals surface area contributed by atoms with Crippen LogP contribution < -0.4 is 5.59 Å². The Morgan fingerprint density at radius 3 is 2.96 bits per heavy atom. The highest BCUT2D eigenvalue weighted by molar-refractivity contribution is 6.30. The van der Waals surface area contributed by atoms with Crippen molar-refractivity contribution in [3.63, 3.8) is 0 Å². The Morgan fingerprint density at radius 1 is 1.22 bits per heavy atom. The first-order chi connectivity index (χ1) is 11.1. The Labute approximate surface area is 129 Å². The van der Waals surface area contributed by atoms with Crippen LogP contribution in [0.25, 0.3) is 22.2 Å². The van der Waals surface area contributed by atoms with Crippen molar-refractivity contribution in [3.05, 3.63) is 47.8 Å². The van der Waals surface area contributed by atoms with E-state index in [1.807, 2.05) is 0 Å². The third-order valence-electron chi connectivity index (χ3n) is 3.55. The number of hydrogen-bond acceptors (Lipinski definition) is 5. The van der Waals surface area contributed by atoms with Crippen LogP contribution in [0.5, 0.6) is 0 Å². The smallest absolute Gasteiger partial charge is 0.221 e. The van der Waals surface area contributed by atoms with Gasteiger partial charge in [0.25, 0.3) is 0 Å². The summed E-state index contributed by atoms with van der Waals surface area (Å²) in [5.41, 5.74) is 1.55. The number of fused-ring (bicyclic) bond motifs is 2. The van der Waals surface area contributed by atoms with Crippen molar-refractivity contribution in [3.8, 4) is 0 Å². The third kappa shape index (κ3) is 2.21. The van der Waals surface area contributed by atoms with Gasteiger partial charge in [0.1, 0.15) is 11.6 Å². The minimum absolute atomic E-state index is 0.111. The molecule has 0 saturated heterocycles. The molecule has 0 aliphatic rings. The molecule has 0 radical (unpaired) electrons. The predicted molar refractivity (Wildman–Crippen MR) is 82.1 cm³/mol. The van der Waals surface area contributed by atoms with Crippen molar-refractivity contribution in [2.24, 2.45) is 0 Å². The topological polar surface area (TPSA) is 69.4 Å². The van der Waals surface area contributed by atoms with Crippen LogP contribution in [0, 0.1) is 11.6 Å². The van der Waals surface area contributed by atoms with Crippen LogP contribution in [0.4, 0.5) is 8.78 Å². The first-order valence-corrected chi connectivity index (χ1v) is 6.88. The van der Waals surface area contributed by atoms with E-state index in [0.717, 1.165) is 0 Å². The molecule has 6 nitrogen and oxygen atoms in total. The molecule has 0 unspecified atom stereocenters. The number of halogens is 2. The molecule has 0 saturated carbocycles. The van der Waals surface area contributed by atoms with Crippen molar-refractivity contribution in [2.45, 2.75) is 6.54 Å². The molecular weight excluding hydrogens is 301 g/mol. The number of nitrogens with zero attached hydrogens (tertiary/aromatic N) is 6. The first kappa shape index (κ1) is 13.7. The molecule has 0 atom stereocenters. The Kier molecular flexibility index (Phi) is 3.00. The maximum Gasteiger partial charge on any atom is 0.221 e. The maximum atomic E-state index is 14.6. The summed E-state index contributed by atoms with van der Waals surface area (Å²) in [6.07, 6.45) is 3.05. The SMILES string of the molecule is Bc1cnc2nnn(Cc3c(F)cc4ncccc4c3F)c2n1. The van der Waals surface area contributed by atoms with Gasteiger partial charge in [-0.1, -0.05) is 5.21 Å². The largest absolute Gasteiger partial charge is 0.256 e. The van der Waals surface area contributed by atoms with Gasteiger partial charge < -0.3 is 0 Å². The monoisotopic (exact) mass is 310 g/mol. The van der Waals surface area contributed by atoms with Gasteiger partial charge >= 0.3 is 0 Å². The van der Waals surface area contributed by atoms with E-state index in [1.54, 1.807) is 26.2 Å². The van der Waals surface area contributed by atoms with Crippen molar-refractivity contribution < 1.29 is 8.78 Å². The van der Waals surface area contributed by atoms with Gasteiger partial charge in [0.15, 0.2) is 13.5 Å². The van der Waals surface area contributed by atoms with Crippen molar-refractivity contribution in [2.75, 3.05) is 0 Å². The first-order valence-electron chi connectivity index (χ1n) is 6.88. The average molecular weight is 310 g/mol. The summed E-state index contributed by atoms with van der Waals surface area (Å²) < 4.78 is 30.2. The van der Waals surface area contributed by atoms with Gasteiger partial charge in [-0.3, -0.25) is 4.98 Å². The van der Waals surface area contributed by atoms with E-state index in [4.69, 9.17) is 0 Å². The van der Waals surface area contributed by atoms with E-state index in [0.29, 0.717) is 16.9 Å². The Bertz CT molecular complexity index is 1050. The standard InChI is InChI=1S/C14H9BF2N6/c15-11-5-19-13-14(20-11)23(22-21-13)6-8-9(16)4-10-7(12(8)17)2-1-3-18-10/h1-5H,6,15H2. The zero-order chi connectivity index (χ0) is 16.0. The normalized spacial score (nSPS) is 11.4. The number of hydrogen-bond donors (Lipinski definition) is 0. The fraction of sp³-hybridized carbons (Fsp3) is 0.0714. The molecule has 0 fully saturated rings. The van der Waals surface area contributed by atoms with Crippen LogP contribution >= 0.6 is 0 Å². The summed E-state index contributed by atoms with van der Waals surface area (Å²) in [6.45, 7) is -0.128. The van der Waals surface area contributed by atoms with Crippen molar-refractivity contribution >= 4 is 35.6 Å². The summed E-state index contributed by atoms with van der Waals surface area (Å²) in [6, 6.07) is 4.38. The number of aromatic nitrogens is 6. The number of benzene rings is 1. The number of pyridine rings is 1. The molecule has 0 N–H and O–H groups in total. The molecule has 0 aliphatic carbocycles. The molecule has 3 heterocycles. The van der Waals surface area contributed by atoms with Gasteiger partial charge in [0.2, 0.25) is 5.65 Å². The van der Waals surface area contributed by atoms with Gasteiger partial charge in [-0.25, -0.2) is 23.4 Å². The lowest BCUT2D eigenvalue weighted by Gasteiger charge is -2.08. The molecule has 0 bridgehead atoms. The maximum absolute atomic E-state index is 14.6. The van der Waals surface area contributed by atoms with Crippen LogP contribution in [-0.2, 0) is 6.54 Å². The summed E-state index contributed by atoms with van der Waals surface area (Å²) in [5.74, 6) is -1.34. The highest BCUT2D eigenvalue weighted by atomic mass is 19.1. The molecule has 4 rings (SSSR count). The van der Waals surface area contributed by atoms with Crippen molar-refractivity contribution in [1.29, 1.82) is 0 Å². The molecule has 1 aromatic carbocycles. The Balaban J connectivity index is 1.87. The summed E-state index contributed by atoms with van der Waals surface area (Å²) in [5, 5.41) is 8.01.